The molecule has 4 amide bonds. The number of amides is 4. The number of hydrogen-bond acceptors (Lipinski definition) is 6. The van der Waals surface area contributed by atoms with Gasteiger partial charge >= 0.3 is 0 Å². The van der Waals surface area contributed by atoms with E-state index in [0.717, 1.165) is 36.8 Å². The molecule has 4 fully saturated rings. The number of ether oxygens (including phenoxy) is 2. The minimum Gasteiger partial charge on any atom is -0.368 e. The fourth-order valence-electron chi connectivity index (χ4n) is 6.28. The number of nitrogens with one attached hydrogen (secondary N) is 2. The second-order valence-corrected chi connectivity index (χ2v) is 11.7. The number of hydrogen-bond donors (Lipinski definition) is 2. The molecule has 0 bridgehead atoms. The summed E-state index contributed by atoms with van der Waals surface area (Å²) in [5.41, 5.74) is 3.39. The van der Waals surface area contributed by atoms with Gasteiger partial charge in [0.1, 0.15) is 12.2 Å². The smallest absolute Gasteiger partial charge is 0.251 e. The molecule has 0 aromatic heterocycles. The van der Waals surface area contributed by atoms with Crippen molar-refractivity contribution >= 4 is 35.0 Å². The number of likely N-dealkylation sites (tertiary alicyclic amines) is 2. The van der Waals surface area contributed by atoms with Gasteiger partial charge < -0.3 is 29.9 Å². The van der Waals surface area contributed by atoms with Crippen LogP contribution in [0.4, 0.5) is 11.4 Å². The van der Waals surface area contributed by atoms with Crippen molar-refractivity contribution in [1.29, 1.82) is 0 Å². The molecule has 0 unspecified atom stereocenters. The minimum absolute atomic E-state index is 0.00416. The van der Waals surface area contributed by atoms with Crippen molar-refractivity contribution in [3.8, 4) is 11.1 Å². The maximum absolute atomic E-state index is 12.9. The van der Waals surface area contributed by atoms with Crippen LogP contribution in [0.5, 0.6) is 0 Å². The Morgan fingerprint density at radius 3 is 1.36 bits per heavy atom. The van der Waals surface area contributed by atoms with Crippen LogP contribution in [0.1, 0.15) is 38.5 Å². The Morgan fingerprint density at radius 1 is 0.595 bits per heavy atom. The molecular weight excluding hydrogens is 536 g/mol. The van der Waals surface area contributed by atoms with Crippen LogP contribution in [0.15, 0.2) is 48.5 Å². The van der Waals surface area contributed by atoms with Crippen molar-refractivity contribution in [2.24, 2.45) is 11.8 Å². The topological polar surface area (TPSA) is 117 Å². The average molecular weight is 575 g/mol. The highest BCUT2D eigenvalue weighted by Crippen LogP contribution is 2.27. The molecule has 0 spiro atoms. The lowest BCUT2D eigenvalue weighted by atomic mass is 10.0. The summed E-state index contributed by atoms with van der Waals surface area (Å²) in [5.74, 6) is -0.605. The summed E-state index contributed by atoms with van der Waals surface area (Å²) in [4.78, 5) is 54.4. The molecule has 10 heteroatoms. The van der Waals surface area contributed by atoms with Gasteiger partial charge in [-0.25, -0.2) is 0 Å². The molecule has 4 aliphatic heterocycles. The second kappa shape index (κ2) is 12.6. The van der Waals surface area contributed by atoms with Crippen LogP contribution in [0.25, 0.3) is 11.1 Å². The third-order valence-corrected chi connectivity index (χ3v) is 8.79. The van der Waals surface area contributed by atoms with Crippen LogP contribution in [0, 0.1) is 11.8 Å². The normalized spacial score (nSPS) is 25.5. The van der Waals surface area contributed by atoms with Crippen molar-refractivity contribution < 1.29 is 28.7 Å². The molecule has 2 aromatic rings. The second-order valence-electron chi connectivity index (χ2n) is 11.7. The molecule has 6 rings (SSSR count). The van der Waals surface area contributed by atoms with E-state index in [1.54, 1.807) is 9.80 Å². The zero-order chi connectivity index (χ0) is 29.1. The molecule has 4 atom stereocenters. The van der Waals surface area contributed by atoms with Crippen molar-refractivity contribution in [2.75, 3.05) is 50.0 Å². The lowest BCUT2D eigenvalue weighted by Crippen LogP contribution is -2.38. The molecule has 0 aliphatic carbocycles. The molecule has 4 aliphatic rings. The molecule has 2 aromatic carbocycles. The Hall–Kier alpha value is -3.76. The van der Waals surface area contributed by atoms with Gasteiger partial charge in [-0.3, -0.25) is 19.2 Å². The van der Waals surface area contributed by atoms with Crippen LogP contribution < -0.4 is 10.6 Å². The molecule has 4 heterocycles. The van der Waals surface area contributed by atoms with Crippen LogP contribution in [0.3, 0.4) is 0 Å². The Morgan fingerprint density at radius 2 is 1.00 bits per heavy atom. The van der Waals surface area contributed by atoms with Crippen molar-refractivity contribution in [3.05, 3.63) is 48.5 Å². The predicted octanol–water partition coefficient (Wildman–Crippen LogP) is 3.29. The van der Waals surface area contributed by atoms with E-state index < -0.39 is 0 Å². The Kier molecular flexibility index (Phi) is 8.53. The van der Waals surface area contributed by atoms with Crippen molar-refractivity contribution in [3.63, 3.8) is 0 Å². The fraction of sp³-hybridized carbons (Fsp3) is 0.500. The average Bonchev–Trinajstić information content (AvgIpc) is 3.84. The number of carbonyl (C=O) groups is 4. The number of rotatable bonds is 7. The summed E-state index contributed by atoms with van der Waals surface area (Å²) < 4.78 is 11.0. The van der Waals surface area contributed by atoms with E-state index in [4.69, 9.17) is 9.47 Å². The predicted molar refractivity (Wildman–Crippen MR) is 156 cm³/mol. The Balaban J connectivity index is 0.973. The van der Waals surface area contributed by atoms with E-state index in [0.29, 0.717) is 63.6 Å². The van der Waals surface area contributed by atoms with Crippen LogP contribution in [0.2, 0.25) is 0 Å². The van der Waals surface area contributed by atoms with E-state index in [-0.39, 0.29) is 47.7 Å². The standard InChI is InChI=1S/C32H38N4O6/c37-29(23-13-15-35(19-23)31(39)27-3-1-17-41-27)33-25-9-5-21(6-10-25)22-7-11-26(12-8-22)34-30(38)24-14-16-36(20-24)32(40)28-4-2-18-42-28/h5-12,23-24,27-28H,1-4,13-20H2,(H,33,37)(H,34,38)/t23-,24+,27-,28+. The molecule has 222 valence electrons. The van der Waals surface area contributed by atoms with Gasteiger partial charge in [-0.15, -0.1) is 0 Å². The Bertz CT molecular complexity index is 1200. The van der Waals surface area contributed by atoms with Gasteiger partial charge in [0.05, 0.1) is 11.8 Å². The largest absolute Gasteiger partial charge is 0.368 e. The summed E-state index contributed by atoms with van der Waals surface area (Å²) in [6.07, 6.45) is 3.94. The first-order valence-corrected chi connectivity index (χ1v) is 15.1. The van der Waals surface area contributed by atoms with Gasteiger partial charge in [-0.1, -0.05) is 24.3 Å². The molecule has 2 N–H and O–H groups in total. The van der Waals surface area contributed by atoms with E-state index in [1.165, 1.54) is 0 Å². The van der Waals surface area contributed by atoms with Gasteiger partial charge in [0.25, 0.3) is 11.8 Å². The minimum atomic E-state index is -0.350. The highest BCUT2D eigenvalue weighted by molar-refractivity contribution is 5.95. The summed E-state index contributed by atoms with van der Waals surface area (Å²) in [7, 11) is 0. The molecule has 0 radical (unpaired) electrons. The van der Waals surface area contributed by atoms with Gasteiger partial charge in [-0.2, -0.15) is 0 Å². The van der Waals surface area contributed by atoms with Crippen LogP contribution >= 0.6 is 0 Å². The first kappa shape index (κ1) is 28.4. The quantitative estimate of drug-likeness (QED) is 0.524. The van der Waals surface area contributed by atoms with Gasteiger partial charge in [-0.05, 0) is 73.9 Å². The third kappa shape index (κ3) is 6.34. The number of nitrogens with zero attached hydrogens (tertiary/aromatic N) is 2. The first-order chi connectivity index (χ1) is 20.4. The van der Waals surface area contributed by atoms with E-state index >= 15 is 0 Å². The van der Waals surface area contributed by atoms with Crippen molar-refractivity contribution in [1.82, 2.24) is 9.80 Å². The molecule has 10 nitrogen and oxygen atoms in total. The number of anilines is 2. The molecule has 4 saturated heterocycles. The van der Waals surface area contributed by atoms with Gasteiger partial charge in [0, 0.05) is 50.8 Å². The van der Waals surface area contributed by atoms with E-state index in [9.17, 15) is 19.2 Å². The van der Waals surface area contributed by atoms with Gasteiger partial charge in [0.15, 0.2) is 0 Å². The maximum atomic E-state index is 12.9. The SMILES string of the molecule is O=C(Nc1ccc(-c2ccc(NC(=O)[C@H]3CCN(C(=O)[C@@H]4CCCO4)C3)cc2)cc1)[C@@H]1CCN(C(=O)[C@H]2CCCO2)C1. The molecule has 0 saturated carbocycles. The lowest BCUT2D eigenvalue weighted by Gasteiger charge is -2.20. The highest BCUT2D eigenvalue weighted by atomic mass is 16.5. The summed E-state index contributed by atoms with van der Waals surface area (Å²) in [5, 5.41) is 5.98. The first-order valence-electron chi connectivity index (χ1n) is 15.1. The third-order valence-electron chi connectivity index (χ3n) is 8.79. The Labute approximate surface area is 245 Å². The summed E-state index contributed by atoms with van der Waals surface area (Å²) >= 11 is 0. The van der Waals surface area contributed by atoms with E-state index in [1.807, 2.05) is 48.5 Å². The molecular formula is C32H38N4O6. The maximum Gasteiger partial charge on any atom is 0.251 e. The van der Waals surface area contributed by atoms with Crippen LogP contribution in [-0.4, -0.2) is 85.0 Å². The zero-order valence-corrected chi connectivity index (χ0v) is 23.8. The summed E-state index contributed by atoms with van der Waals surface area (Å²) in [6, 6.07) is 15.3. The lowest BCUT2D eigenvalue weighted by molar-refractivity contribution is -0.140. The zero-order valence-electron chi connectivity index (χ0n) is 23.8. The van der Waals surface area contributed by atoms with Crippen LogP contribution in [-0.2, 0) is 28.7 Å². The summed E-state index contributed by atoms with van der Waals surface area (Å²) in [6.45, 7) is 3.29. The van der Waals surface area contributed by atoms with Crippen molar-refractivity contribution in [2.45, 2.75) is 50.7 Å². The fourth-order valence-corrected chi connectivity index (χ4v) is 6.28. The van der Waals surface area contributed by atoms with Gasteiger partial charge in [0.2, 0.25) is 11.8 Å². The molecule has 42 heavy (non-hydrogen) atoms. The number of carbonyl (C=O) groups excluding carboxylic acids is 4. The van der Waals surface area contributed by atoms with E-state index in [2.05, 4.69) is 10.6 Å². The highest BCUT2D eigenvalue weighted by Gasteiger charge is 2.37. The number of benzene rings is 2. The monoisotopic (exact) mass is 574 g/mol.